The van der Waals surface area contributed by atoms with Gasteiger partial charge in [0.25, 0.3) is 0 Å². The fourth-order valence-corrected chi connectivity index (χ4v) is 2.85. The maximum Gasteiger partial charge on any atom is 0.311 e. The molecular formula is C16H28N2O4. The first-order chi connectivity index (χ1) is 10.4. The van der Waals surface area contributed by atoms with Crippen molar-refractivity contribution in [1.82, 2.24) is 10.6 Å². The summed E-state index contributed by atoms with van der Waals surface area (Å²) in [5, 5.41) is 14.9. The molecule has 0 heterocycles. The number of rotatable bonds is 8. The van der Waals surface area contributed by atoms with Gasteiger partial charge >= 0.3 is 5.97 Å². The first-order valence-corrected chi connectivity index (χ1v) is 8.15. The van der Waals surface area contributed by atoms with Crippen LogP contribution < -0.4 is 10.6 Å². The first kappa shape index (κ1) is 18.5. The van der Waals surface area contributed by atoms with Crippen LogP contribution in [0.2, 0.25) is 0 Å². The second-order valence-corrected chi connectivity index (χ2v) is 6.50. The van der Waals surface area contributed by atoms with Crippen LogP contribution in [-0.4, -0.2) is 35.5 Å². The van der Waals surface area contributed by atoms with E-state index in [1.165, 1.54) is 0 Å². The van der Waals surface area contributed by atoms with E-state index in [9.17, 15) is 19.5 Å². The number of carboxylic acid groups (broad SMARTS) is 1. The number of nitrogens with one attached hydrogen (secondary N) is 2. The number of carboxylic acids is 1. The molecule has 0 unspecified atom stereocenters. The molecule has 1 fully saturated rings. The molecule has 0 aromatic rings. The van der Waals surface area contributed by atoms with Gasteiger partial charge in [-0.15, -0.1) is 0 Å². The number of amides is 2. The third kappa shape index (κ3) is 6.03. The Balaban J connectivity index is 2.29. The van der Waals surface area contributed by atoms with Crippen LogP contribution in [0.15, 0.2) is 0 Å². The predicted octanol–water partition coefficient (Wildman–Crippen LogP) is 1.83. The Morgan fingerprint density at radius 3 is 2.18 bits per heavy atom. The van der Waals surface area contributed by atoms with Crippen LogP contribution in [0.1, 0.15) is 65.2 Å². The van der Waals surface area contributed by atoms with Crippen LogP contribution in [-0.2, 0) is 14.4 Å². The lowest BCUT2D eigenvalue weighted by molar-refractivity contribution is -0.151. The largest absolute Gasteiger partial charge is 0.481 e. The molecule has 6 nitrogen and oxygen atoms in total. The highest BCUT2D eigenvalue weighted by Crippen LogP contribution is 2.36. The molecule has 0 atom stereocenters. The SMILES string of the molecule is CC(C)NC(=O)CCCC(=O)NCC1(C(=O)O)CCCCC1. The van der Waals surface area contributed by atoms with Crippen LogP contribution >= 0.6 is 0 Å². The molecule has 0 aromatic carbocycles. The monoisotopic (exact) mass is 312 g/mol. The molecule has 0 bridgehead atoms. The Morgan fingerprint density at radius 2 is 1.64 bits per heavy atom. The lowest BCUT2D eigenvalue weighted by Gasteiger charge is -2.33. The van der Waals surface area contributed by atoms with Crippen molar-refractivity contribution in [2.75, 3.05) is 6.54 Å². The molecule has 0 spiro atoms. The van der Waals surface area contributed by atoms with Crippen LogP contribution in [0.25, 0.3) is 0 Å². The van der Waals surface area contributed by atoms with E-state index in [4.69, 9.17) is 0 Å². The molecule has 0 radical (unpaired) electrons. The van der Waals surface area contributed by atoms with Gasteiger partial charge in [-0.2, -0.15) is 0 Å². The van der Waals surface area contributed by atoms with Crippen molar-refractivity contribution < 1.29 is 19.5 Å². The summed E-state index contributed by atoms with van der Waals surface area (Å²) in [7, 11) is 0. The Morgan fingerprint density at radius 1 is 1.05 bits per heavy atom. The first-order valence-electron chi connectivity index (χ1n) is 8.15. The Labute approximate surface area is 132 Å². The van der Waals surface area contributed by atoms with Gasteiger partial charge in [0.05, 0.1) is 5.41 Å². The second kappa shape index (κ2) is 8.76. The van der Waals surface area contributed by atoms with Crippen molar-refractivity contribution >= 4 is 17.8 Å². The molecule has 1 aliphatic rings. The molecule has 6 heteroatoms. The van der Waals surface area contributed by atoms with Gasteiger partial charge < -0.3 is 15.7 Å². The van der Waals surface area contributed by atoms with Gasteiger partial charge in [-0.05, 0) is 33.1 Å². The maximum atomic E-state index is 11.8. The summed E-state index contributed by atoms with van der Waals surface area (Å²) in [4.78, 5) is 34.8. The number of carbonyl (C=O) groups excluding carboxylic acids is 2. The summed E-state index contributed by atoms with van der Waals surface area (Å²) in [6, 6.07) is 0.100. The molecule has 1 rings (SSSR count). The van der Waals surface area contributed by atoms with Gasteiger partial charge in [0, 0.05) is 25.4 Å². The second-order valence-electron chi connectivity index (χ2n) is 6.50. The van der Waals surface area contributed by atoms with Gasteiger partial charge in [-0.25, -0.2) is 0 Å². The number of hydrogen-bond acceptors (Lipinski definition) is 3. The molecule has 22 heavy (non-hydrogen) atoms. The third-order valence-corrected chi connectivity index (χ3v) is 4.15. The van der Waals surface area contributed by atoms with Crippen LogP contribution in [0.4, 0.5) is 0 Å². The molecule has 0 aromatic heterocycles. The average molecular weight is 312 g/mol. The van der Waals surface area contributed by atoms with Crippen molar-refractivity contribution in [3.05, 3.63) is 0 Å². The van der Waals surface area contributed by atoms with E-state index < -0.39 is 11.4 Å². The smallest absolute Gasteiger partial charge is 0.311 e. The molecule has 0 saturated heterocycles. The zero-order chi connectivity index (χ0) is 16.6. The summed E-state index contributed by atoms with van der Waals surface area (Å²) in [5.41, 5.74) is -0.803. The quantitative estimate of drug-likeness (QED) is 0.637. The highest BCUT2D eigenvalue weighted by molar-refractivity contribution is 5.80. The van der Waals surface area contributed by atoms with E-state index in [2.05, 4.69) is 10.6 Å². The summed E-state index contributed by atoms with van der Waals surface area (Å²) < 4.78 is 0. The Kier molecular flexibility index (Phi) is 7.35. The van der Waals surface area contributed by atoms with E-state index in [0.717, 1.165) is 19.3 Å². The third-order valence-electron chi connectivity index (χ3n) is 4.15. The van der Waals surface area contributed by atoms with Gasteiger partial charge in [-0.3, -0.25) is 14.4 Å². The fraction of sp³-hybridized carbons (Fsp3) is 0.812. The summed E-state index contributed by atoms with van der Waals surface area (Å²) in [6.07, 6.45) is 5.16. The zero-order valence-corrected chi connectivity index (χ0v) is 13.6. The van der Waals surface area contributed by atoms with E-state index >= 15 is 0 Å². The lowest BCUT2D eigenvalue weighted by Crippen LogP contribution is -2.44. The molecule has 2 amide bonds. The van der Waals surface area contributed by atoms with E-state index in [-0.39, 0.29) is 30.8 Å². The number of hydrogen-bond donors (Lipinski definition) is 3. The van der Waals surface area contributed by atoms with Crippen molar-refractivity contribution in [2.45, 2.75) is 71.3 Å². The summed E-state index contributed by atoms with van der Waals surface area (Å²) in [6.45, 7) is 3.97. The zero-order valence-electron chi connectivity index (χ0n) is 13.6. The minimum absolute atomic E-state index is 0.0583. The number of aliphatic carboxylic acids is 1. The lowest BCUT2D eigenvalue weighted by atomic mass is 9.74. The predicted molar refractivity (Wildman–Crippen MR) is 83.3 cm³/mol. The minimum Gasteiger partial charge on any atom is -0.481 e. The normalized spacial score (nSPS) is 17.0. The molecule has 3 N–H and O–H groups in total. The number of carbonyl (C=O) groups is 3. The molecule has 1 aliphatic carbocycles. The van der Waals surface area contributed by atoms with E-state index in [1.54, 1.807) is 0 Å². The highest BCUT2D eigenvalue weighted by Gasteiger charge is 2.39. The van der Waals surface area contributed by atoms with Crippen molar-refractivity contribution in [3.63, 3.8) is 0 Å². The van der Waals surface area contributed by atoms with Crippen LogP contribution in [0.3, 0.4) is 0 Å². The van der Waals surface area contributed by atoms with Gasteiger partial charge in [0.1, 0.15) is 0 Å². The van der Waals surface area contributed by atoms with Crippen LogP contribution in [0, 0.1) is 5.41 Å². The maximum absolute atomic E-state index is 11.8. The summed E-state index contributed by atoms with van der Waals surface area (Å²) >= 11 is 0. The Bertz CT molecular complexity index is 401. The molecule has 126 valence electrons. The fourth-order valence-electron chi connectivity index (χ4n) is 2.85. The summed E-state index contributed by atoms with van der Waals surface area (Å²) in [5.74, 6) is -1.05. The Hall–Kier alpha value is -1.59. The van der Waals surface area contributed by atoms with Gasteiger partial charge in [0.15, 0.2) is 0 Å². The average Bonchev–Trinajstić information content (AvgIpc) is 2.45. The van der Waals surface area contributed by atoms with Crippen LogP contribution in [0.5, 0.6) is 0 Å². The standard InChI is InChI=1S/C16H28N2O4/c1-12(2)18-14(20)8-6-7-13(19)17-11-16(15(21)22)9-4-3-5-10-16/h12H,3-11H2,1-2H3,(H,17,19)(H,18,20)(H,21,22). The van der Waals surface area contributed by atoms with E-state index in [1.807, 2.05) is 13.8 Å². The van der Waals surface area contributed by atoms with Crippen molar-refractivity contribution in [3.8, 4) is 0 Å². The highest BCUT2D eigenvalue weighted by atomic mass is 16.4. The van der Waals surface area contributed by atoms with Gasteiger partial charge in [-0.1, -0.05) is 19.3 Å². The molecule has 0 aliphatic heterocycles. The minimum atomic E-state index is -0.816. The van der Waals surface area contributed by atoms with Gasteiger partial charge in [0.2, 0.25) is 11.8 Å². The van der Waals surface area contributed by atoms with E-state index in [0.29, 0.717) is 25.7 Å². The molecular weight excluding hydrogens is 284 g/mol. The van der Waals surface area contributed by atoms with Crippen molar-refractivity contribution in [2.24, 2.45) is 5.41 Å². The molecule has 1 saturated carbocycles. The topological polar surface area (TPSA) is 95.5 Å². The van der Waals surface area contributed by atoms with Crippen molar-refractivity contribution in [1.29, 1.82) is 0 Å².